The van der Waals surface area contributed by atoms with Crippen LogP contribution in [0.1, 0.15) is 19.7 Å². The zero-order chi connectivity index (χ0) is 12.7. The van der Waals surface area contributed by atoms with Crippen LogP contribution in [-0.4, -0.2) is 36.4 Å². The molecule has 96 valence electrons. The monoisotopic (exact) mass is 260 g/mol. The summed E-state index contributed by atoms with van der Waals surface area (Å²) in [6.45, 7) is 5.19. The van der Waals surface area contributed by atoms with Gasteiger partial charge in [0.1, 0.15) is 18.4 Å². The molecule has 6 heteroatoms. The van der Waals surface area contributed by atoms with Crippen LogP contribution >= 0.6 is 11.6 Å². The highest BCUT2D eigenvalue weighted by Gasteiger charge is 2.04. The van der Waals surface area contributed by atoms with Crippen LogP contribution in [0.2, 0.25) is 5.15 Å². The molecular weight excluding hydrogens is 244 g/mol. The Hall–Kier alpha value is -0.910. The Balaban J connectivity index is 2.46. The summed E-state index contributed by atoms with van der Waals surface area (Å²) in [6.07, 6.45) is 0.191. The summed E-state index contributed by atoms with van der Waals surface area (Å²) in [5.74, 6) is 0.934. The lowest BCUT2D eigenvalue weighted by Gasteiger charge is -2.09. The van der Waals surface area contributed by atoms with Gasteiger partial charge in [-0.2, -0.15) is 4.98 Å². The fourth-order valence-electron chi connectivity index (χ4n) is 1.14. The molecule has 1 aromatic heterocycles. The Kier molecular flexibility index (Phi) is 6.18. The van der Waals surface area contributed by atoms with Gasteiger partial charge in [0.25, 0.3) is 0 Å². The molecule has 1 heterocycles. The minimum Gasteiger partial charge on any atom is -0.475 e. The van der Waals surface area contributed by atoms with Gasteiger partial charge in [0.2, 0.25) is 5.88 Å². The number of ether oxygens (including phenoxy) is 3. The highest BCUT2D eigenvalue weighted by Crippen LogP contribution is 2.14. The van der Waals surface area contributed by atoms with Crippen LogP contribution in [0.4, 0.5) is 0 Å². The minimum absolute atomic E-state index is 0.191. The van der Waals surface area contributed by atoms with E-state index < -0.39 is 0 Å². The van der Waals surface area contributed by atoms with Crippen LogP contribution in [0, 0.1) is 0 Å². The highest BCUT2D eigenvalue weighted by molar-refractivity contribution is 6.29. The third kappa shape index (κ3) is 5.81. The lowest BCUT2D eigenvalue weighted by Crippen LogP contribution is -2.12. The maximum atomic E-state index is 5.83. The molecule has 0 fully saturated rings. The highest BCUT2D eigenvalue weighted by atomic mass is 35.5. The second-order valence-corrected chi connectivity index (χ2v) is 4.03. The predicted molar refractivity (Wildman–Crippen MR) is 64.3 cm³/mol. The molecule has 0 amide bonds. The van der Waals surface area contributed by atoms with E-state index in [9.17, 15) is 0 Å². The van der Waals surface area contributed by atoms with Crippen molar-refractivity contribution in [2.75, 3.05) is 20.3 Å². The van der Waals surface area contributed by atoms with Gasteiger partial charge in [-0.15, -0.1) is 0 Å². The Bertz CT molecular complexity index is 347. The van der Waals surface area contributed by atoms with Crippen LogP contribution in [0.25, 0.3) is 0 Å². The van der Waals surface area contributed by atoms with Crippen molar-refractivity contribution in [1.82, 2.24) is 9.97 Å². The number of rotatable bonds is 7. The molecule has 0 N–H and O–H groups in total. The van der Waals surface area contributed by atoms with Crippen molar-refractivity contribution in [3.05, 3.63) is 17.0 Å². The number of hydrogen-bond donors (Lipinski definition) is 0. The Morgan fingerprint density at radius 2 is 2.06 bits per heavy atom. The molecule has 0 aromatic carbocycles. The SMILES string of the molecule is COCc1nc(Cl)cc(OCCOC(C)C)n1. The van der Waals surface area contributed by atoms with E-state index in [2.05, 4.69) is 9.97 Å². The molecular formula is C11H17ClN2O3. The van der Waals surface area contributed by atoms with Gasteiger partial charge in [0.05, 0.1) is 12.7 Å². The summed E-state index contributed by atoms with van der Waals surface area (Å²) in [5.41, 5.74) is 0. The molecule has 0 atom stereocenters. The van der Waals surface area contributed by atoms with Gasteiger partial charge in [-0.05, 0) is 13.8 Å². The summed E-state index contributed by atoms with van der Waals surface area (Å²) >= 11 is 5.83. The second kappa shape index (κ2) is 7.42. The Morgan fingerprint density at radius 3 is 2.71 bits per heavy atom. The van der Waals surface area contributed by atoms with Gasteiger partial charge in [-0.3, -0.25) is 0 Å². The van der Waals surface area contributed by atoms with Crippen LogP contribution < -0.4 is 4.74 Å². The summed E-state index contributed by atoms with van der Waals surface area (Å²) in [6, 6.07) is 1.57. The molecule has 0 aliphatic heterocycles. The Labute approximate surface area is 106 Å². The largest absolute Gasteiger partial charge is 0.475 e. The number of halogens is 1. The van der Waals surface area contributed by atoms with Crippen LogP contribution in [-0.2, 0) is 16.1 Å². The summed E-state index contributed by atoms with van der Waals surface area (Å²) in [4.78, 5) is 8.14. The molecule has 0 radical (unpaired) electrons. The average Bonchev–Trinajstić information content (AvgIpc) is 2.24. The zero-order valence-corrected chi connectivity index (χ0v) is 11.0. The van der Waals surface area contributed by atoms with E-state index in [4.69, 9.17) is 25.8 Å². The van der Waals surface area contributed by atoms with Gasteiger partial charge < -0.3 is 14.2 Å². The molecule has 17 heavy (non-hydrogen) atoms. The topological polar surface area (TPSA) is 53.5 Å². The molecule has 1 rings (SSSR count). The first kappa shape index (κ1) is 14.2. The summed E-state index contributed by atoms with van der Waals surface area (Å²) in [5, 5.41) is 0.340. The lowest BCUT2D eigenvalue weighted by atomic mass is 10.5. The van der Waals surface area contributed by atoms with E-state index in [0.717, 1.165) is 0 Å². The average molecular weight is 261 g/mol. The molecule has 0 saturated heterocycles. The minimum atomic E-state index is 0.191. The van der Waals surface area contributed by atoms with Crippen molar-refractivity contribution in [1.29, 1.82) is 0 Å². The van der Waals surface area contributed by atoms with E-state index in [-0.39, 0.29) is 6.10 Å². The Morgan fingerprint density at radius 1 is 1.29 bits per heavy atom. The fourth-order valence-corrected chi connectivity index (χ4v) is 1.33. The first-order valence-corrected chi connectivity index (χ1v) is 5.76. The van der Waals surface area contributed by atoms with Crippen molar-refractivity contribution in [2.24, 2.45) is 0 Å². The van der Waals surface area contributed by atoms with Crippen molar-refractivity contribution in [3.8, 4) is 5.88 Å². The van der Waals surface area contributed by atoms with E-state index in [1.54, 1.807) is 13.2 Å². The van der Waals surface area contributed by atoms with E-state index in [1.165, 1.54) is 0 Å². The molecule has 5 nitrogen and oxygen atoms in total. The van der Waals surface area contributed by atoms with Crippen LogP contribution in [0.15, 0.2) is 6.07 Å². The fraction of sp³-hybridized carbons (Fsp3) is 0.636. The number of aromatic nitrogens is 2. The van der Waals surface area contributed by atoms with Crippen LogP contribution in [0.5, 0.6) is 5.88 Å². The number of nitrogens with zero attached hydrogens (tertiary/aromatic N) is 2. The normalized spacial score (nSPS) is 10.9. The third-order valence-corrected chi connectivity index (χ3v) is 1.97. The van der Waals surface area contributed by atoms with E-state index in [0.29, 0.717) is 36.7 Å². The van der Waals surface area contributed by atoms with Gasteiger partial charge >= 0.3 is 0 Å². The van der Waals surface area contributed by atoms with Gasteiger partial charge in [-0.25, -0.2) is 4.98 Å². The molecule has 0 aliphatic carbocycles. The molecule has 0 aliphatic rings. The standard InChI is InChI=1S/C11H17ClN2O3/c1-8(2)16-4-5-17-11-6-9(12)13-10(14-11)7-15-3/h6,8H,4-5,7H2,1-3H3. The van der Waals surface area contributed by atoms with E-state index in [1.807, 2.05) is 13.8 Å². The third-order valence-electron chi connectivity index (χ3n) is 1.78. The predicted octanol–water partition coefficient (Wildman–Crippen LogP) is 2.08. The van der Waals surface area contributed by atoms with Gasteiger partial charge in [0.15, 0.2) is 5.82 Å². The maximum Gasteiger partial charge on any atom is 0.218 e. The maximum absolute atomic E-state index is 5.83. The van der Waals surface area contributed by atoms with Crippen molar-refractivity contribution < 1.29 is 14.2 Å². The van der Waals surface area contributed by atoms with Crippen molar-refractivity contribution in [3.63, 3.8) is 0 Å². The summed E-state index contributed by atoms with van der Waals surface area (Å²) < 4.78 is 15.7. The quantitative estimate of drug-likeness (QED) is 0.555. The molecule has 0 spiro atoms. The first-order valence-electron chi connectivity index (χ1n) is 5.38. The van der Waals surface area contributed by atoms with Gasteiger partial charge in [-0.1, -0.05) is 11.6 Å². The van der Waals surface area contributed by atoms with Crippen molar-refractivity contribution in [2.45, 2.75) is 26.6 Å². The molecule has 0 bridgehead atoms. The van der Waals surface area contributed by atoms with E-state index >= 15 is 0 Å². The zero-order valence-electron chi connectivity index (χ0n) is 10.3. The lowest BCUT2D eigenvalue weighted by molar-refractivity contribution is 0.0540. The summed E-state index contributed by atoms with van der Waals surface area (Å²) in [7, 11) is 1.57. The second-order valence-electron chi connectivity index (χ2n) is 3.65. The molecule has 0 saturated carbocycles. The number of hydrogen-bond acceptors (Lipinski definition) is 5. The first-order chi connectivity index (χ1) is 8.11. The number of methoxy groups -OCH3 is 1. The van der Waals surface area contributed by atoms with Crippen LogP contribution in [0.3, 0.4) is 0 Å². The molecule has 1 aromatic rings. The van der Waals surface area contributed by atoms with Gasteiger partial charge in [0, 0.05) is 13.2 Å². The smallest absolute Gasteiger partial charge is 0.218 e. The van der Waals surface area contributed by atoms with Crippen molar-refractivity contribution >= 4 is 11.6 Å². The molecule has 0 unspecified atom stereocenters.